The molecule has 1 aliphatic rings. The molecule has 0 spiro atoms. The molecular formula is C24H34N4O7S. The summed E-state index contributed by atoms with van der Waals surface area (Å²) < 4.78 is 5.18. The summed E-state index contributed by atoms with van der Waals surface area (Å²) in [5.74, 6) is -3.76. The third kappa shape index (κ3) is 12.9. The van der Waals surface area contributed by atoms with Gasteiger partial charge in [0.15, 0.2) is 0 Å². The molecule has 0 aromatic heterocycles. The molecule has 0 aromatic carbocycles. The average molecular weight is 523 g/mol. The predicted molar refractivity (Wildman–Crippen MR) is 137 cm³/mol. The van der Waals surface area contributed by atoms with Gasteiger partial charge >= 0.3 is 11.3 Å². The number of hydrogen-bond donors (Lipinski definition) is 5. The molecule has 2 unspecified atom stereocenters. The van der Waals surface area contributed by atoms with Crippen LogP contribution in [-0.4, -0.2) is 64.3 Å². The molecule has 0 aliphatic heterocycles. The van der Waals surface area contributed by atoms with Gasteiger partial charge < -0.3 is 31.2 Å². The van der Waals surface area contributed by atoms with Crippen LogP contribution in [0, 0.1) is 11.3 Å². The van der Waals surface area contributed by atoms with Crippen molar-refractivity contribution in [2.45, 2.75) is 58.1 Å². The number of ether oxygens (including phenoxy) is 1. The summed E-state index contributed by atoms with van der Waals surface area (Å²) in [6.07, 6.45) is 7.17. The van der Waals surface area contributed by atoms with E-state index in [0.29, 0.717) is 23.9 Å². The summed E-state index contributed by atoms with van der Waals surface area (Å²) >= 11 is 0.676. The number of thioether (sulfide) groups is 1. The molecule has 0 fully saturated rings. The first kappa shape index (κ1) is 30.6. The summed E-state index contributed by atoms with van der Waals surface area (Å²) in [5, 5.41) is 23.0. The van der Waals surface area contributed by atoms with E-state index in [4.69, 9.17) is 15.3 Å². The minimum Gasteiger partial charge on any atom is -0.480 e. The number of carboxylic acids is 1. The molecule has 2 atom stereocenters. The van der Waals surface area contributed by atoms with E-state index in [1.807, 2.05) is 12.2 Å². The van der Waals surface area contributed by atoms with Crippen molar-refractivity contribution >= 4 is 47.0 Å². The molecule has 12 heteroatoms. The summed E-state index contributed by atoms with van der Waals surface area (Å²) in [5.41, 5.74) is 0.674. The van der Waals surface area contributed by atoms with E-state index < -0.39 is 47.2 Å². The largest absolute Gasteiger partial charge is 0.480 e. The molecule has 1 aliphatic carbocycles. The quantitative estimate of drug-likeness (QED) is 0.181. The summed E-state index contributed by atoms with van der Waals surface area (Å²) in [4.78, 5) is 60.5. The Morgan fingerprint density at radius 2 is 1.94 bits per heavy atom. The minimum absolute atomic E-state index is 0.111. The Bertz CT molecular complexity index is 937. The zero-order valence-electron chi connectivity index (χ0n) is 20.7. The van der Waals surface area contributed by atoms with E-state index in [-0.39, 0.29) is 30.9 Å². The smallest absolute Gasteiger partial charge is 0.367 e. The van der Waals surface area contributed by atoms with Crippen LogP contribution in [0.2, 0.25) is 0 Å². The Labute approximate surface area is 214 Å². The zero-order valence-corrected chi connectivity index (χ0v) is 21.5. The van der Waals surface area contributed by atoms with Crippen LogP contribution in [0.15, 0.2) is 36.1 Å². The molecule has 0 radical (unpaired) electrons. The SMILES string of the molecule is C=C1C=CCC(NC(=O)C(CC=N)CCC(=O)NC(CSC(=O)OC(C)(C)C)C(=O)NCC(=O)O)=C1. The highest BCUT2D eigenvalue weighted by molar-refractivity contribution is 8.13. The predicted octanol–water partition coefficient (Wildman–Crippen LogP) is 2.29. The Morgan fingerprint density at radius 3 is 2.53 bits per heavy atom. The molecule has 198 valence electrons. The lowest BCUT2D eigenvalue weighted by atomic mass is 9.97. The standard InChI is InChI=1S/C24H34N4O7S/c1-15-6-5-7-17(12-15)27-21(32)16(10-11-25)8-9-19(29)28-18(22(33)26-13-20(30)31)14-36-23(34)35-24(2,3)4/h5-6,11-12,16,18,25H,1,7-10,13-14H2,2-4H3,(H,26,33)(H,27,32)(H,28,29)(H,30,31). The maximum absolute atomic E-state index is 12.7. The third-order valence-corrected chi connectivity index (χ3v) is 5.45. The molecule has 3 amide bonds. The van der Waals surface area contributed by atoms with Gasteiger partial charge in [-0.1, -0.05) is 18.7 Å². The lowest BCUT2D eigenvalue weighted by Gasteiger charge is -2.21. The van der Waals surface area contributed by atoms with E-state index in [1.54, 1.807) is 26.8 Å². The van der Waals surface area contributed by atoms with Gasteiger partial charge in [0.2, 0.25) is 17.7 Å². The monoisotopic (exact) mass is 522 g/mol. The highest BCUT2D eigenvalue weighted by Crippen LogP contribution is 2.17. The van der Waals surface area contributed by atoms with Crippen LogP contribution in [0.3, 0.4) is 0 Å². The number of allylic oxidation sites excluding steroid dienone is 4. The minimum atomic E-state index is -1.26. The Balaban J connectivity index is 2.74. The van der Waals surface area contributed by atoms with Crippen molar-refractivity contribution in [1.29, 1.82) is 5.41 Å². The van der Waals surface area contributed by atoms with Crippen LogP contribution >= 0.6 is 11.8 Å². The highest BCUT2D eigenvalue weighted by Gasteiger charge is 2.26. The van der Waals surface area contributed by atoms with Gasteiger partial charge in [0.1, 0.15) is 18.2 Å². The summed E-state index contributed by atoms with van der Waals surface area (Å²) in [7, 11) is 0. The number of hydrogen-bond acceptors (Lipinski definition) is 8. The van der Waals surface area contributed by atoms with E-state index in [2.05, 4.69) is 22.5 Å². The number of amides is 3. The van der Waals surface area contributed by atoms with Crippen LogP contribution in [0.25, 0.3) is 0 Å². The van der Waals surface area contributed by atoms with Gasteiger partial charge in [-0.2, -0.15) is 0 Å². The summed E-state index contributed by atoms with van der Waals surface area (Å²) in [6, 6.07) is -1.20. The van der Waals surface area contributed by atoms with Gasteiger partial charge in [-0.25, -0.2) is 4.79 Å². The van der Waals surface area contributed by atoms with Gasteiger partial charge in [-0.15, -0.1) is 0 Å². The van der Waals surface area contributed by atoms with Crippen molar-refractivity contribution in [3.05, 3.63) is 36.1 Å². The van der Waals surface area contributed by atoms with E-state index >= 15 is 0 Å². The topological polar surface area (TPSA) is 175 Å². The van der Waals surface area contributed by atoms with E-state index in [9.17, 15) is 24.0 Å². The van der Waals surface area contributed by atoms with E-state index in [0.717, 1.165) is 11.8 Å². The van der Waals surface area contributed by atoms with Gasteiger partial charge in [-0.05, 0) is 63.2 Å². The lowest BCUT2D eigenvalue weighted by molar-refractivity contribution is -0.138. The van der Waals surface area contributed by atoms with Crippen LogP contribution in [-0.2, 0) is 23.9 Å². The molecule has 36 heavy (non-hydrogen) atoms. The molecule has 0 saturated carbocycles. The Morgan fingerprint density at radius 1 is 1.25 bits per heavy atom. The second-order valence-corrected chi connectivity index (χ2v) is 9.98. The van der Waals surface area contributed by atoms with Crippen molar-refractivity contribution in [1.82, 2.24) is 16.0 Å². The zero-order chi connectivity index (χ0) is 27.3. The van der Waals surface area contributed by atoms with Crippen molar-refractivity contribution in [2.24, 2.45) is 5.92 Å². The van der Waals surface area contributed by atoms with Crippen LogP contribution < -0.4 is 16.0 Å². The van der Waals surface area contributed by atoms with Gasteiger partial charge in [0.25, 0.3) is 0 Å². The summed E-state index contributed by atoms with van der Waals surface area (Å²) in [6.45, 7) is 8.22. The Hall–Kier alpha value is -3.41. The number of carbonyl (C=O) groups excluding carboxylic acids is 4. The first-order valence-electron chi connectivity index (χ1n) is 11.3. The molecule has 0 bridgehead atoms. The van der Waals surface area contributed by atoms with Crippen molar-refractivity contribution in [3.63, 3.8) is 0 Å². The number of rotatable bonds is 13. The first-order chi connectivity index (χ1) is 16.8. The number of carbonyl (C=O) groups is 5. The fraction of sp³-hybridized carbons (Fsp3) is 0.500. The molecule has 1 rings (SSSR count). The lowest BCUT2D eigenvalue weighted by Crippen LogP contribution is -2.49. The Kier molecular flexibility index (Phi) is 12.6. The molecule has 0 heterocycles. The molecular weight excluding hydrogens is 488 g/mol. The second-order valence-electron chi connectivity index (χ2n) is 9.02. The fourth-order valence-corrected chi connectivity index (χ4v) is 3.83. The molecule has 11 nitrogen and oxygen atoms in total. The third-order valence-electron chi connectivity index (χ3n) is 4.63. The second kappa shape index (κ2) is 14.9. The highest BCUT2D eigenvalue weighted by atomic mass is 32.2. The maximum Gasteiger partial charge on any atom is 0.367 e. The number of carboxylic acid groups (broad SMARTS) is 1. The van der Waals surface area contributed by atoms with Crippen molar-refractivity contribution in [2.75, 3.05) is 12.3 Å². The normalized spacial score (nSPS) is 14.6. The van der Waals surface area contributed by atoms with Gasteiger partial charge in [0.05, 0.1) is 0 Å². The number of aliphatic carboxylic acids is 1. The number of nitrogens with one attached hydrogen (secondary N) is 4. The van der Waals surface area contributed by atoms with Crippen LogP contribution in [0.5, 0.6) is 0 Å². The molecule has 0 saturated heterocycles. The van der Waals surface area contributed by atoms with Crippen molar-refractivity contribution in [3.8, 4) is 0 Å². The maximum atomic E-state index is 12.7. The van der Waals surface area contributed by atoms with Crippen LogP contribution in [0.1, 0.15) is 46.5 Å². The first-order valence-corrected chi connectivity index (χ1v) is 12.3. The van der Waals surface area contributed by atoms with Gasteiger partial charge in [0, 0.05) is 30.2 Å². The molecule has 5 N–H and O–H groups in total. The average Bonchev–Trinajstić information content (AvgIpc) is 2.76. The fourth-order valence-electron chi connectivity index (χ4n) is 2.99. The van der Waals surface area contributed by atoms with Crippen molar-refractivity contribution < 1.29 is 33.8 Å². The molecule has 0 aromatic rings. The van der Waals surface area contributed by atoms with E-state index in [1.165, 1.54) is 0 Å². The van der Waals surface area contributed by atoms with Crippen LogP contribution in [0.4, 0.5) is 4.79 Å². The van der Waals surface area contributed by atoms with Gasteiger partial charge in [-0.3, -0.25) is 19.2 Å².